The van der Waals surface area contributed by atoms with Gasteiger partial charge in [0.05, 0.1) is 6.54 Å². The molecule has 0 aromatic carbocycles. The summed E-state index contributed by atoms with van der Waals surface area (Å²) < 4.78 is 1.99. The van der Waals surface area contributed by atoms with E-state index in [4.69, 9.17) is 0 Å². The van der Waals surface area contributed by atoms with E-state index in [1.54, 1.807) is 6.07 Å². The normalized spacial score (nSPS) is 31.9. The monoisotopic (exact) mass is 289 g/mol. The van der Waals surface area contributed by atoms with Gasteiger partial charge in [0.25, 0.3) is 5.56 Å². The SMILES string of the molecule is CC1CN=C(N2CC3CC(C2)c2cccc(=O)n2C3)S1. The molecule has 0 N–H and O–H groups in total. The number of rotatable bonds is 0. The Kier molecular flexibility index (Phi) is 2.91. The number of amidine groups is 1. The topological polar surface area (TPSA) is 37.6 Å². The molecule has 3 aliphatic heterocycles. The lowest BCUT2D eigenvalue weighted by atomic mass is 9.83. The van der Waals surface area contributed by atoms with Gasteiger partial charge in [0.2, 0.25) is 0 Å². The van der Waals surface area contributed by atoms with Crippen molar-refractivity contribution in [1.82, 2.24) is 9.47 Å². The third kappa shape index (κ3) is 1.99. The van der Waals surface area contributed by atoms with Crippen LogP contribution < -0.4 is 5.56 Å². The van der Waals surface area contributed by atoms with Crippen molar-refractivity contribution >= 4 is 16.9 Å². The predicted molar refractivity (Wildman–Crippen MR) is 82.5 cm³/mol. The number of fused-ring (bicyclic) bond motifs is 4. The number of hydrogen-bond acceptors (Lipinski definition) is 4. The number of aliphatic imine (C=N–C) groups is 1. The molecule has 1 aromatic rings. The maximum Gasteiger partial charge on any atom is 0.250 e. The fraction of sp³-hybridized carbons (Fsp3) is 0.600. The summed E-state index contributed by atoms with van der Waals surface area (Å²) >= 11 is 1.90. The number of likely N-dealkylation sites (tertiary alicyclic amines) is 1. The van der Waals surface area contributed by atoms with Crippen LogP contribution in [0.3, 0.4) is 0 Å². The minimum absolute atomic E-state index is 0.159. The molecule has 1 fully saturated rings. The summed E-state index contributed by atoms with van der Waals surface area (Å²) in [6.45, 7) is 6.12. The number of aromatic nitrogens is 1. The number of piperidine rings is 1. The quantitative estimate of drug-likeness (QED) is 0.730. The van der Waals surface area contributed by atoms with Gasteiger partial charge in [-0.1, -0.05) is 24.8 Å². The molecule has 3 atom stereocenters. The lowest BCUT2D eigenvalue weighted by Crippen LogP contribution is -2.48. The molecule has 3 aliphatic rings. The Morgan fingerprint density at radius 1 is 1.30 bits per heavy atom. The third-order valence-electron chi connectivity index (χ3n) is 4.54. The molecule has 0 amide bonds. The summed E-state index contributed by atoms with van der Waals surface area (Å²) in [5.74, 6) is 1.07. The molecule has 4 heterocycles. The van der Waals surface area contributed by atoms with Crippen LogP contribution in [0.25, 0.3) is 0 Å². The second-order valence-electron chi connectivity index (χ2n) is 6.15. The smallest absolute Gasteiger partial charge is 0.250 e. The van der Waals surface area contributed by atoms with Crippen LogP contribution in [-0.2, 0) is 6.54 Å². The molecule has 4 nitrogen and oxygen atoms in total. The van der Waals surface area contributed by atoms with Crippen molar-refractivity contribution in [1.29, 1.82) is 0 Å². The van der Waals surface area contributed by atoms with Gasteiger partial charge in [-0.15, -0.1) is 0 Å². The van der Waals surface area contributed by atoms with E-state index in [0.29, 0.717) is 17.1 Å². The van der Waals surface area contributed by atoms with Gasteiger partial charge in [-0.05, 0) is 18.4 Å². The van der Waals surface area contributed by atoms with E-state index in [9.17, 15) is 4.79 Å². The molecule has 20 heavy (non-hydrogen) atoms. The minimum Gasteiger partial charge on any atom is -0.350 e. The number of thioether (sulfide) groups is 1. The van der Waals surface area contributed by atoms with Crippen LogP contribution in [-0.4, -0.2) is 39.5 Å². The first-order valence-corrected chi connectivity index (χ1v) is 8.24. The summed E-state index contributed by atoms with van der Waals surface area (Å²) in [5.41, 5.74) is 1.38. The maximum absolute atomic E-state index is 12.0. The lowest BCUT2D eigenvalue weighted by molar-refractivity contribution is 0.181. The van der Waals surface area contributed by atoms with Crippen LogP contribution in [0, 0.1) is 5.92 Å². The summed E-state index contributed by atoms with van der Waals surface area (Å²) in [6.07, 6.45) is 1.22. The van der Waals surface area contributed by atoms with Crippen molar-refractivity contribution in [2.45, 2.75) is 31.1 Å². The van der Waals surface area contributed by atoms with Crippen LogP contribution in [0.2, 0.25) is 0 Å². The molecule has 3 unspecified atom stereocenters. The highest BCUT2D eigenvalue weighted by Crippen LogP contribution is 2.37. The Bertz CT molecular complexity index is 624. The molecule has 5 heteroatoms. The van der Waals surface area contributed by atoms with Crippen molar-refractivity contribution < 1.29 is 0 Å². The Morgan fingerprint density at radius 2 is 2.20 bits per heavy atom. The van der Waals surface area contributed by atoms with Gasteiger partial charge < -0.3 is 9.47 Å². The average molecular weight is 289 g/mol. The van der Waals surface area contributed by atoms with Crippen molar-refractivity contribution in [3.05, 3.63) is 34.2 Å². The molecule has 0 saturated carbocycles. The van der Waals surface area contributed by atoms with E-state index < -0.39 is 0 Å². The predicted octanol–water partition coefficient (Wildman–Crippen LogP) is 1.76. The molecule has 0 radical (unpaired) electrons. The average Bonchev–Trinajstić information content (AvgIpc) is 2.87. The lowest BCUT2D eigenvalue weighted by Gasteiger charge is -2.43. The van der Waals surface area contributed by atoms with Crippen LogP contribution in [0.5, 0.6) is 0 Å². The Morgan fingerprint density at radius 3 is 3.00 bits per heavy atom. The van der Waals surface area contributed by atoms with Gasteiger partial charge in [-0.25, -0.2) is 0 Å². The molecule has 106 valence electrons. The first-order valence-electron chi connectivity index (χ1n) is 7.36. The second-order valence-corrected chi connectivity index (χ2v) is 7.56. The van der Waals surface area contributed by atoms with Crippen LogP contribution >= 0.6 is 11.8 Å². The van der Waals surface area contributed by atoms with Crippen molar-refractivity contribution in [2.24, 2.45) is 10.9 Å². The Hall–Kier alpha value is -1.23. The van der Waals surface area contributed by atoms with E-state index in [1.807, 2.05) is 22.4 Å². The molecule has 1 aromatic heterocycles. The van der Waals surface area contributed by atoms with Crippen molar-refractivity contribution in [3.8, 4) is 0 Å². The molecule has 0 spiro atoms. The Labute approximate surface area is 122 Å². The molecular weight excluding hydrogens is 270 g/mol. The standard InChI is InChI=1S/C15H19N3OS/c1-10-6-16-15(20-10)17-7-11-5-12(9-17)13-3-2-4-14(19)18(13)8-11/h2-4,10-12H,5-9H2,1H3. The molecule has 1 saturated heterocycles. The van der Waals surface area contributed by atoms with Crippen molar-refractivity contribution in [3.63, 3.8) is 0 Å². The van der Waals surface area contributed by atoms with Gasteiger partial charge in [-0.2, -0.15) is 0 Å². The highest BCUT2D eigenvalue weighted by atomic mass is 32.2. The summed E-state index contributed by atoms with van der Waals surface area (Å²) in [4.78, 5) is 19.1. The van der Waals surface area contributed by atoms with E-state index in [-0.39, 0.29) is 5.56 Å². The van der Waals surface area contributed by atoms with Gasteiger partial charge in [0, 0.05) is 42.6 Å². The summed E-state index contributed by atoms with van der Waals surface area (Å²) in [6, 6.07) is 5.70. The van der Waals surface area contributed by atoms with Gasteiger partial charge >= 0.3 is 0 Å². The highest BCUT2D eigenvalue weighted by molar-refractivity contribution is 8.14. The maximum atomic E-state index is 12.0. The Balaban J connectivity index is 1.64. The van der Waals surface area contributed by atoms with Crippen molar-refractivity contribution in [2.75, 3.05) is 19.6 Å². The number of nitrogens with zero attached hydrogens (tertiary/aromatic N) is 3. The van der Waals surface area contributed by atoms with Crippen LogP contribution in [0.4, 0.5) is 0 Å². The van der Waals surface area contributed by atoms with Gasteiger partial charge in [0.15, 0.2) is 5.17 Å². The molecule has 2 bridgehead atoms. The van der Waals surface area contributed by atoms with E-state index in [1.165, 1.54) is 17.3 Å². The van der Waals surface area contributed by atoms with Crippen LogP contribution in [0.15, 0.2) is 28.0 Å². The zero-order valence-electron chi connectivity index (χ0n) is 11.7. The largest absolute Gasteiger partial charge is 0.350 e. The van der Waals surface area contributed by atoms with E-state index in [2.05, 4.69) is 22.9 Å². The fourth-order valence-electron chi connectivity index (χ4n) is 3.69. The highest BCUT2D eigenvalue weighted by Gasteiger charge is 2.36. The number of hydrogen-bond donors (Lipinski definition) is 0. The zero-order valence-corrected chi connectivity index (χ0v) is 12.5. The third-order valence-corrected chi connectivity index (χ3v) is 5.69. The summed E-state index contributed by atoms with van der Waals surface area (Å²) in [7, 11) is 0. The zero-order chi connectivity index (χ0) is 13.7. The molecule has 0 aliphatic carbocycles. The first-order chi connectivity index (χ1) is 9.70. The van der Waals surface area contributed by atoms with E-state index in [0.717, 1.165) is 26.2 Å². The fourth-order valence-corrected chi connectivity index (χ4v) is 4.64. The molecule has 4 rings (SSSR count). The molecular formula is C15H19N3OS. The second kappa shape index (κ2) is 4.65. The summed E-state index contributed by atoms with van der Waals surface area (Å²) in [5, 5.41) is 1.83. The van der Waals surface area contributed by atoms with Gasteiger partial charge in [0.1, 0.15) is 0 Å². The van der Waals surface area contributed by atoms with Gasteiger partial charge in [-0.3, -0.25) is 9.79 Å². The minimum atomic E-state index is 0.159. The first kappa shape index (κ1) is 12.5. The van der Waals surface area contributed by atoms with E-state index >= 15 is 0 Å². The van der Waals surface area contributed by atoms with Crippen LogP contribution in [0.1, 0.15) is 25.0 Å². The number of pyridine rings is 1.